The molecule has 2 heterocycles. The lowest BCUT2D eigenvalue weighted by atomic mass is 9.97. The molecule has 1 aliphatic carbocycles. The molecule has 3 amide bonds. The summed E-state index contributed by atoms with van der Waals surface area (Å²) >= 11 is 0. The molecule has 1 aromatic carbocycles. The Morgan fingerprint density at radius 2 is 2.03 bits per heavy atom. The van der Waals surface area contributed by atoms with E-state index in [1.165, 1.54) is 17.8 Å². The molecule has 32 heavy (non-hydrogen) atoms. The highest BCUT2D eigenvalue weighted by Crippen LogP contribution is 2.30. The topological polar surface area (TPSA) is 94.3 Å². The number of benzene rings is 1. The Balaban J connectivity index is 1.43. The predicted molar refractivity (Wildman–Crippen MR) is 124 cm³/mol. The van der Waals surface area contributed by atoms with Gasteiger partial charge in [-0.05, 0) is 86.1 Å². The van der Waals surface area contributed by atoms with Crippen LogP contribution in [0.1, 0.15) is 53.6 Å². The molecule has 166 valence electrons. The maximum absolute atomic E-state index is 13.3. The van der Waals surface area contributed by atoms with Crippen molar-refractivity contribution in [2.24, 2.45) is 0 Å². The number of nitrogens with zero attached hydrogens (tertiary/aromatic N) is 1. The first kappa shape index (κ1) is 21.6. The van der Waals surface area contributed by atoms with E-state index >= 15 is 0 Å². The number of carbonyl (C=O) groups is 2. The Kier molecular flexibility index (Phi) is 6.54. The minimum absolute atomic E-state index is 0.0228. The lowest BCUT2D eigenvalue weighted by molar-refractivity contribution is 0.0809. The Labute approximate surface area is 187 Å². The number of aryl methyl sites for hydroxylation is 1. The summed E-state index contributed by atoms with van der Waals surface area (Å²) in [7, 11) is 0. The second-order valence-electron chi connectivity index (χ2n) is 8.21. The first-order valence-corrected chi connectivity index (χ1v) is 11.1. The third-order valence-corrected chi connectivity index (χ3v) is 5.99. The van der Waals surface area contributed by atoms with Crippen molar-refractivity contribution in [3.63, 3.8) is 0 Å². The van der Waals surface area contributed by atoms with Crippen molar-refractivity contribution in [1.82, 2.24) is 15.2 Å². The lowest BCUT2D eigenvalue weighted by Gasteiger charge is -2.26. The number of rotatable bonds is 4. The molecule has 2 aliphatic rings. The van der Waals surface area contributed by atoms with E-state index < -0.39 is 6.03 Å². The molecular weight excluding hydrogens is 404 g/mol. The average Bonchev–Trinajstić information content (AvgIpc) is 3.02. The molecule has 0 atom stereocenters. The number of carbonyl (C=O) groups excluding carboxylic acids is 2. The van der Waals surface area contributed by atoms with Crippen molar-refractivity contribution in [3.05, 3.63) is 87.0 Å². The number of aromatic amines is 1. The van der Waals surface area contributed by atoms with Gasteiger partial charge in [-0.15, -0.1) is 0 Å². The first-order chi connectivity index (χ1) is 15.5. The molecule has 0 spiro atoms. The summed E-state index contributed by atoms with van der Waals surface area (Å²) in [5.74, 6) is 0.0228. The summed E-state index contributed by atoms with van der Waals surface area (Å²) in [5.41, 5.74) is 4.78. The number of pyridine rings is 1. The Bertz CT molecular complexity index is 1150. The summed E-state index contributed by atoms with van der Waals surface area (Å²) < 4.78 is 0. The highest BCUT2D eigenvalue weighted by Gasteiger charge is 2.24. The Morgan fingerprint density at radius 1 is 1.16 bits per heavy atom. The summed E-state index contributed by atoms with van der Waals surface area (Å²) in [5, 5.41) is 5.30. The zero-order valence-electron chi connectivity index (χ0n) is 18.2. The van der Waals surface area contributed by atoms with Gasteiger partial charge in [-0.25, -0.2) is 4.79 Å². The summed E-state index contributed by atoms with van der Waals surface area (Å²) in [4.78, 5) is 41.6. The third kappa shape index (κ3) is 4.82. The molecule has 3 N–H and O–H groups in total. The second-order valence-corrected chi connectivity index (χ2v) is 8.21. The van der Waals surface area contributed by atoms with Gasteiger partial charge in [0.15, 0.2) is 0 Å². The molecule has 0 fully saturated rings. The number of anilines is 1. The third-order valence-electron chi connectivity index (χ3n) is 5.99. The van der Waals surface area contributed by atoms with Gasteiger partial charge in [0.25, 0.3) is 11.5 Å². The molecule has 0 saturated heterocycles. The first-order valence-electron chi connectivity index (χ1n) is 11.1. The van der Waals surface area contributed by atoms with E-state index in [0.717, 1.165) is 55.5 Å². The van der Waals surface area contributed by atoms with Crippen molar-refractivity contribution >= 4 is 17.6 Å². The average molecular weight is 433 g/mol. The van der Waals surface area contributed by atoms with Gasteiger partial charge in [-0.1, -0.05) is 12.1 Å². The maximum atomic E-state index is 13.3. The fourth-order valence-corrected chi connectivity index (χ4v) is 4.22. The largest absolute Gasteiger partial charge is 0.334 e. The van der Waals surface area contributed by atoms with Gasteiger partial charge in [0, 0.05) is 30.5 Å². The number of aromatic nitrogens is 1. The van der Waals surface area contributed by atoms with E-state index in [9.17, 15) is 14.4 Å². The van der Waals surface area contributed by atoms with Crippen LogP contribution in [0.3, 0.4) is 0 Å². The smallest absolute Gasteiger partial charge is 0.319 e. The van der Waals surface area contributed by atoms with E-state index in [0.29, 0.717) is 12.1 Å². The van der Waals surface area contributed by atoms with Crippen LogP contribution < -0.4 is 16.2 Å². The van der Waals surface area contributed by atoms with E-state index in [1.54, 1.807) is 6.07 Å². The van der Waals surface area contributed by atoms with E-state index in [4.69, 9.17) is 0 Å². The lowest BCUT2D eigenvalue weighted by Crippen LogP contribution is -2.32. The molecule has 2 aromatic rings. The minimum Gasteiger partial charge on any atom is -0.334 e. The molecule has 0 saturated carbocycles. The molecular formula is C25H28N4O3. The van der Waals surface area contributed by atoms with Crippen LogP contribution in [0.25, 0.3) is 0 Å². The van der Waals surface area contributed by atoms with Gasteiger partial charge < -0.3 is 20.5 Å². The SMILES string of the molecule is Cc1cc(C(=O)N2CCCCC3=C2C=CCC3)ccc1CNC(=O)Nc1ccc[nH]c1=O. The molecule has 4 rings (SSSR count). The van der Waals surface area contributed by atoms with Gasteiger partial charge >= 0.3 is 6.03 Å². The molecule has 0 unspecified atom stereocenters. The van der Waals surface area contributed by atoms with Crippen molar-refractivity contribution in [1.29, 1.82) is 0 Å². The van der Waals surface area contributed by atoms with Crippen LogP contribution in [0.15, 0.2) is 64.7 Å². The maximum Gasteiger partial charge on any atom is 0.319 e. The van der Waals surface area contributed by atoms with Crippen LogP contribution in [0.5, 0.6) is 0 Å². The van der Waals surface area contributed by atoms with Crippen molar-refractivity contribution < 1.29 is 9.59 Å². The van der Waals surface area contributed by atoms with Gasteiger partial charge in [0.05, 0.1) is 0 Å². The van der Waals surface area contributed by atoms with Crippen LogP contribution in [0, 0.1) is 6.92 Å². The predicted octanol–water partition coefficient (Wildman–Crippen LogP) is 4.24. The molecule has 7 heteroatoms. The van der Waals surface area contributed by atoms with Crippen molar-refractivity contribution in [2.75, 3.05) is 11.9 Å². The fourth-order valence-electron chi connectivity index (χ4n) is 4.22. The Hall–Kier alpha value is -3.61. The van der Waals surface area contributed by atoms with Gasteiger partial charge in [0.2, 0.25) is 0 Å². The number of hydrogen-bond acceptors (Lipinski definition) is 3. The summed E-state index contributed by atoms with van der Waals surface area (Å²) in [6.07, 6.45) is 11.0. The number of nitrogens with one attached hydrogen (secondary N) is 3. The summed E-state index contributed by atoms with van der Waals surface area (Å²) in [6, 6.07) is 8.30. The highest BCUT2D eigenvalue weighted by molar-refractivity contribution is 5.96. The Morgan fingerprint density at radius 3 is 2.84 bits per heavy atom. The van der Waals surface area contributed by atoms with Crippen LogP contribution in [-0.4, -0.2) is 28.4 Å². The molecule has 0 radical (unpaired) electrons. The molecule has 1 aliphatic heterocycles. The van der Waals surface area contributed by atoms with E-state index in [1.807, 2.05) is 30.0 Å². The fraction of sp³-hybridized carbons (Fsp3) is 0.320. The summed E-state index contributed by atoms with van der Waals surface area (Å²) in [6.45, 7) is 2.96. The quantitative estimate of drug-likeness (QED) is 0.675. The number of H-pyrrole nitrogens is 1. The number of urea groups is 1. The van der Waals surface area contributed by atoms with Crippen LogP contribution in [0.4, 0.5) is 10.5 Å². The van der Waals surface area contributed by atoms with Gasteiger partial charge in [-0.3, -0.25) is 9.59 Å². The van der Waals surface area contributed by atoms with Gasteiger partial charge in [0.1, 0.15) is 5.69 Å². The number of allylic oxidation sites excluding steroid dienone is 3. The second kappa shape index (κ2) is 9.68. The monoisotopic (exact) mass is 432 g/mol. The molecule has 7 nitrogen and oxygen atoms in total. The number of hydrogen-bond donors (Lipinski definition) is 3. The number of amides is 3. The minimum atomic E-state index is -0.464. The van der Waals surface area contributed by atoms with Crippen LogP contribution >= 0.6 is 0 Å². The van der Waals surface area contributed by atoms with E-state index in [-0.39, 0.29) is 17.2 Å². The normalized spacial score (nSPS) is 15.7. The molecule has 0 bridgehead atoms. The zero-order chi connectivity index (χ0) is 22.5. The zero-order valence-corrected chi connectivity index (χ0v) is 18.2. The van der Waals surface area contributed by atoms with Crippen molar-refractivity contribution in [3.8, 4) is 0 Å². The standard InChI is InChI=1S/C25H28N4O3/c1-17-15-19(24(31)29-14-5-4-8-18-7-2-3-10-22(18)29)11-12-20(17)16-27-25(32)28-21-9-6-13-26-23(21)30/h3,6,9-13,15H,2,4-5,7-8,14,16H2,1H3,(H,26,30)(H2,27,28,32). The van der Waals surface area contributed by atoms with E-state index in [2.05, 4.69) is 27.8 Å². The van der Waals surface area contributed by atoms with Crippen molar-refractivity contribution in [2.45, 2.75) is 45.6 Å². The highest BCUT2D eigenvalue weighted by atomic mass is 16.2. The van der Waals surface area contributed by atoms with Crippen LogP contribution in [0.2, 0.25) is 0 Å². The van der Waals surface area contributed by atoms with Crippen LogP contribution in [-0.2, 0) is 6.54 Å². The van der Waals surface area contributed by atoms with Gasteiger partial charge in [-0.2, -0.15) is 0 Å². The molecule has 1 aromatic heterocycles.